The van der Waals surface area contributed by atoms with Crippen LogP contribution in [0, 0.1) is 0 Å². The zero-order chi connectivity index (χ0) is 45.6. The first kappa shape index (κ1) is 56.2. The predicted molar refractivity (Wildman–Crippen MR) is 259 cm³/mol. The van der Waals surface area contributed by atoms with Gasteiger partial charge in [-0.25, -0.2) is 56.0 Å². The van der Waals surface area contributed by atoms with Gasteiger partial charge in [-0.2, -0.15) is 0 Å². The van der Waals surface area contributed by atoms with Crippen LogP contribution >= 0.6 is 37.9 Å². The van der Waals surface area contributed by atoms with Gasteiger partial charge in [0, 0.05) is 33.1 Å². The van der Waals surface area contributed by atoms with Gasteiger partial charge in [0.25, 0.3) is 0 Å². The van der Waals surface area contributed by atoms with Gasteiger partial charge in [-0.3, -0.25) is 0 Å². The van der Waals surface area contributed by atoms with E-state index in [0.717, 1.165) is 10.8 Å². The molecule has 19 nitrogen and oxygen atoms in total. The summed E-state index contributed by atoms with van der Waals surface area (Å²) in [4.78, 5) is 0. The van der Waals surface area contributed by atoms with E-state index in [1.165, 1.54) is 0 Å². The Morgan fingerprint density at radius 2 is 0.621 bits per heavy atom. The maximum absolute atomic E-state index is 6.32. The molecule has 1 rings (SSSR count). The second-order valence-corrected chi connectivity index (χ2v) is 36.7. The molecule has 0 spiro atoms. The zero-order valence-corrected chi connectivity index (χ0v) is 46.6. The Kier molecular flexibility index (Phi) is 21.5. The number of hydrogen-bond acceptors (Lipinski definition) is 7. The molecular formula is C33H84N16O3P5Si+. The Hall–Kier alpha value is 0.187. The molecule has 0 amide bonds. The van der Waals surface area contributed by atoms with E-state index in [1.54, 1.807) is 21.3 Å². The smallest absolute Gasteiger partial charge is 0.373 e. The van der Waals surface area contributed by atoms with Gasteiger partial charge >= 0.3 is 16.7 Å². The second kappa shape index (κ2) is 22.2. The van der Waals surface area contributed by atoms with Crippen LogP contribution in [0.5, 0.6) is 0 Å². The SMILES string of the molecule is CO[Si](OC)(OC)c1ccc(CN(C)P(=N[P+](N=P(N(C)C)(N(C)C)N(C)C)(N=P(N(C)C)(N(C)C)N(C)C)N=P(N(C)C)(N(C)C)N(C)C)(N(C)C)N(C)C)cc1. The summed E-state index contributed by atoms with van der Waals surface area (Å²) in [5.41, 5.74) is 1.10. The third-order valence-corrected chi connectivity index (χ3v) is 33.0. The fourth-order valence-electron chi connectivity index (χ4n) is 7.66. The van der Waals surface area contributed by atoms with Gasteiger partial charge in [-0.15, -0.1) is 0 Å². The summed E-state index contributed by atoms with van der Waals surface area (Å²) < 4.78 is 69.4. The number of rotatable bonds is 22. The summed E-state index contributed by atoms with van der Waals surface area (Å²) in [6, 6.07) is 8.33. The third kappa shape index (κ3) is 10.9. The highest BCUT2D eigenvalue weighted by molar-refractivity contribution is 7.88. The van der Waals surface area contributed by atoms with E-state index in [-0.39, 0.29) is 0 Å². The molecule has 1 aromatic carbocycles. The van der Waals surface area contributed by atoms with Gasteiger partial charge in [0.05, 0.1) is 0 Å². The minimum Gasteiger partial charge on any atom is -0.373 e. The summed E-state index contributed by atoms with van der Waals surface area (Å²) in [5, 5.41) is 0.891. The molecule has 0 aliphatic rings. The van der Waals surface area contributed by atoms with Gasteiger partial charge < -0.3 is 13.3 Å². The van der Waals surface area contributed by atoms with Crippen molar-refractivity contribution < 1.29 is 13.3 Å². The topological polar surface area (TPSA) is 116 Å². The first-order chi connectivity index (χ1) is 26.5. The number of hydrogen-bond donors (Lipinski definition) is 0. The van der Waals surface area contributed by atoms with Crippen molar-refractivity contribution in [3.05, 3.63) is 29.8 Å². The molecule has 0 heterocycles. The fraction of sp³-hybridized carbons (Fsp3) is 0.818. The fourth-order valence-corrected chi connectivity index (χ4v) is 33.7. The molecule has 0 N–H and O–H groups in total. The Morgan fingerprint density at radius 3 is 0.828 bits per heavy atom. The van der Waals surface area contributed by atoms with Crippen molar-refractivity contribution in [1.82, 2.24) is 56.0 Å². The summed E-state index contributed by atoms with van der Waals surface area (Å²) in [6.07, 6.45) is 0. The average Bonchev–Trinajstić information content (AvgIpc) is 3.10. The molecule has 25 heteroatoms. The lowest BCUT2D eigenvalue weighted by atomic mass is 10.2. The molecule has 58 heavy (non-hydrogen) atoms. The van der Waals surface area contributed by atoms with Crippen molar-refractivity contribution in [1.29, 1.82) is 0 Å². The van der Waals surface area contributed by atoms with E-state index >= 15 is 0 Å². The maximum atomic E-state index is 6.32. The van der Waals surface area contributed by atoms with Crippen LogP contribution in [0.25, 0.3) is 0 Å². The van der Waals surface area contributed by atoms with Gasteiger partial charge in [0.1, 0.15) is 0 Å². The summed E-state index contributed by atoms with van der Waals surface area (Å²) in [7, 11) is 35.8. The third-order valence-electron chi connectivity index (χ3n) is 9.85. The molecular weight excluding hydrogens is 851 g/mol. The van der Waals surface area contributed by atoms with Crippen molar-refractivity contribution in [2.24, 2.45) is 18.1 Å². The minimum absolute atomic E-state index is 0.579. The molecule has 0 saturated carbocycles. The summed E-state index contributed by atoms with van der Waals surface area (Å²) in [5.74, 6) is 0. The largest absolute Gasteiger partial charge is 0.536 e. The monoisotopic (exact) mass is 936 g/mol. The first-order valence-corrected chi connectivity index (χ1v) is 28.6. The summed E-state index contributed by atoms with van der Waals surface area (Å²) in [6.45, 7) is 0.579. The lowest BCUT2D eigenvalue weighted by Crippen LogP contribution is -2.54. The van der Waals surface area contributed by atoms with E-state index in [1.807, 2.05) is 12.1 Å². The van der Waals surface area contributed by atoms with Crippen molar-refractivity contribution in [2.75, 3.05) is 183 Å². The van der Waals surface area contributed by atoms with Crippen LogP contribution in [0.4, 0.5) is 0 Å². The van der Waals surface area contributed by atoms with Gasteiger partial charge in [0.15, 0.2) is 0 Å². The van der Waals surface area contributed by atoms with Crippen molar-refractivity contribution in [2.45, 2.75) is 6.54 Å². The van der Waals surface area contributed by atoms with Crippen LogP contribution in [0.2, 0.25) is 0 Å². The molecule has 0 saturated heterocycles. The molecule has 0 aliphatic carbocycles. The predicted octanol–water partition coefficient (Wildman–Crippen LogP) is 5.84. The Labute approximate surface area is 357 Å². The van der Waals surface area contributed by atoms with Crippen LogP contribution in [0.1, 0.15) is 5.56 Å². The van der Waals surface area contributed by atoms with E-state index in [0.29, 0.717) is 6.54 Å². The normalized spacial score (nSPS) is 14.4. The Morgan fingerprint density at radius 1 is 0.397 bits per heavy atom. The highest BCUT2D eigenvalue weighted by Crippen LogP contribution is 2.86. The van der Waals surface area contributed by atoms with Crippen LogP contribution in [0.3, 0.4) is 0 Å². The Bertz CT molecular complexity index is 1470. The first-order valence-electron chi connectivity index (χ1n) is 18.9. The maximum Gasteiger partial charge on any atom is 0.536 e. The zero-order valence-electron chi connectivity index (χ0n) is 41.1. The van der Waals surface area contributed by atoms with Crippen LogP contribution in [-0.4, -0.2) is 248 Å². The van der Waals surface area contributed by atoms with Crippen molar-refractivity contribution in [3.63, 3.8) is 0 Å². The molecule has 342 valence electrons. The highest BCUT2D eigenvalue weighted by atomic mass is 31.3. The lowest BCUT2D eigenvalue weighted by molar-refractivity contribution is 0.140. The highest BCUT2D eigenvalue weighted by Gasteiger charge is 2.57. The van der Waals surface area contributed by atoms with Gasteiger partial charge in [-0.05, 0) is 186 Å². The molecule has 0 fully saturated rings. The van der Waals surface area contributed by atoms with Gasteiger partial charge in [-0.1, -0.05) is 24.3 Å². The molecule has 0 bridgehead atoms. The quantitative estimate of drug-likeness (QED) is 0.102. The van der Waals surface area contributed by atoms with E-state index in [2.05, 4.69) is 230 Å². The number of nitrogens with zero attached hydrogens (tertiary/aromatic N) is 16. The molecule has 0 atom stereocenters. The lowest BCUT2D eigenvalue weighted by Gasteiger charge is -2.45. The molecule has 0 aliphatic heterocycles. The van der Waals surface area contributed by atoms with E-state index in [4.69, 9.17) is 31.3 Å². The van der Waals surface area contributed by atoms with Gasteiger partial charge in [0.2, 0.25) is 30.0 Å². The molecule has 1 aromatic rings. The van der Waals surface area contributed by atoms with Crippen LogP contribution < -0.4 is 5.19 Å². The minimum atomic E-state index is -3.62. The standard InChI is InChI=1S/C33H84N16O3P5Si/c1-38(2)54(39(3)4,40(5)6)34-53(35-55(41(7)8,42(9)10)43(11)12,36-56(44(13)14,45(15)16)46(17)18)37-57(47(19)20,48(21)22)49(23)31-32-27-29-33(30-28-32)58(50-24,51-25)52-26/h27-30H,31H2,1-26H3/q+1. The van der Waals surface area contributed by atoms with Crippen molar-refractivity contribution >= 4 is 51.9 Å². The molecule has 0 unspecified atom stereocenters. The van der Waals surface area contributed by atoms with E-state index in [9.17, 15) is 0 Å². The average molecular weight is 936 g/mol. The molecule has 0 aromatic heterocycles. The van der Waals surface area contributed by atoms with E-state index < -0.39 is 46.7 Å². The second-order valence-electron chi connectivity index (χ2n) is 16.0. The molecule has 0 radical (unpaired) electrons. The summed E-state index contributed by atoms with van der Waals surface area (Å²) >= 11 is 0. The van der Waals surface area contributed by atoms with Crippen LogP contribution in [-0.2, 0) is 19.8 Å². The van der Waals surface area contributed by atoms with Crippen molar-refractivity contribution in [3.8, 4) is 0 Å². The van der Waals surface area contributed by atoms with Crippen LogP contribution in [0.15, 0.2) is 42.3 Å². The Balaban J connectivity index is 5.23. The number of benzene rings is 1.